The number of anilines is 1. The molecule has 1 aromatic carbocycles. The van der Waals surface area contributed by atoms with Crippen molar-refractivity contribution in [2.24, 2.45) is 0 Å². The zero-order valence-electron chi connectivity index (χ0n) is 13.6. The summed E-state index contributed by atoms with van der Waals surface area (Å²) in [6, 6.07) is 6.37. The molecule has 4 heteroatoms. The van der Waals surface area contributed by atoms with E-state index in [1.807, 2.05) is 23.1 Å². The zero-order valence-corrected chi connectivity index (χ0v) is 13.6. The quantitative estimate of drug-likeness (QED) is 0.800. The summed E-state index contributed by atoms with van der Waals surface area (Å²) in [6.45, 7) is 4.27. The van der Waals surface area contributed by atoms with E-state index >= 15 is 0 Å². The maximum atomic E-state index is 12.9. The molecule has 4 nitrogen and oxygen atoms in total. The Hall–Kier alpha value is -1.84. The molecule has 2 amide bonds. The maximum absolute atomic E-state index is 12.9. The third-order valence-electron chi connectivity index (χ3n) is 5.10. The first-order chi connectivity index (χ1) is 10.5. The highest BCUT2D eigenvalue weighted by Gasteiger charge is 2.30. The van der Waals surface area contributed by atoms with Gasteiger partial charge in [-0.2, -0.15) is 0 Å². The van der Waals surface area contributed by atoms with E-state index in [2.05, 4.69) is 13.8 Å². The van der Waals surface area contributed by atoms with E-state index in [0.717, 1.165) is 36.1 Å². The number of likely N-dealkylation sites (tertiary alicyclic amines) is 1. The first-order valence-corrected chi connectivity index (χ1v) is 8.21. The summed E-state index contributed by atoms with van der Waals surface area (Å²) in [5, 5.41) is 0. The van der Waals surface area contributed by atoms with E-state index in [1.165, 1.54) is 6.42 Å². The van der Waals surface area contributed by atoms with E-state index in [-0.39, 0.29) is 11.8 Å². The second kappa shape index (κ2) is 5.75. The van der Waals surface area contributed by atoms with Crippen molar-refractivity contribution in [1.29, 1.82) is 0 Å². The van der Waals surface area contributed by atoms with Crippen LogP contribution in [0, 0.1) is 0 Å². The second-order valence-corrected chi connectivity index (χ2v) is 6.64. The molecule has 3 rings (SSSR count). The Morgan fingerprint density at radius 1 is 1.14 bits per heavy atom. The predicted octanol–water partition coefficient (Wildman–Crippen LogP) is 3.00. The van der Waals surface area contributed by atoms with Crippen LogP contribution in [0.5, 0.6) is 0 Å². The lowest BCUT2D eigenvalue weighted by Gasteiger charge is -2.39. The molecule has 0 aliphatic carbocycles. The van der Waals surface area contributed by atoms with Crippen molar-refractivity contribution in [2.45, 2.75) is 58.0 Å². The Morgan fingerprint density at radius 2 is 1.82 bits per heavy atom. The molecule has 0 spiro atoms. The van der Waals surface area contributed by atoms with Gasteiger partial charge in [-0.25, -0.2) is 0 Å². The van der Waals surface area contributed by atoms with Crippen LogP contribution in [0.1, 0.15) is 55.5 Å². The van der Waals surface area contributed by atoms with Gasteiger partial charge in [-0.05, 0) is 63.3 Å². The lowest BCUT2D eigenvalue weighted by molar-refractivity contribution is -0.118. The highest BCUT2D eigenvalue weighted by molar-refractivity contribution is 5.99. The lowest BCUT2D eigenvalue weighted by atomic mass is 9.94. The summed E-state index contributed by atoms with van der Waals surface area (Å²) in [4.78, 5) is 28.4. The van der Waals surface area contributed by atoms with Crippen LogP contribution in [-0.2, 0) is 11.2 Å². The number of amides is 2. The van der Waals surface area contributed by atoms with E-state index in [1.54, 1.807) is 11.9 Å². The molecule has 0 radical (unpaired) electrons. The van der Waals surface area contributed by atoms with E-state index in [0.29, 0.717) is 18.5 Å². The molecule has 2 unspecified atom stereocenters. The van der Waals surface area contributed by atoms with Crippen LogP contribution in [-0.4, -0.2) is 35.8 Å². The first kappa shape index (κ1) is 15.1. The molecule has 2 aliphatic rings. The smallest absolute Gasteiger partial charge is 0.254 e. The third kappa shape index (κ3) is 2.51. The molecular weight excluding hydrogens is 276 g/mol. The summed E-state index contributed by atoms with van der Waals surface area (Å²) < 4.78 is 0. The fourth-order valence-electron chi connectivity index (χ4n) is 3.76. The maximum Gasteiger partial charge on any atom is 0.254 e. The van der Waals surface area contributed by atoms with Gasteiger partial charge in [-0.3, -0.25) is 9.59 Å². The van der Waals surface area contributed by atoms with Gasteiger partial charge in [-0.1, -0.05) is 0 Å². The van der Waals surface area contributed by atoms with E-state index in [4.69, 9.17) is 0 Å². The van der Waals surface area contributed by atoms with Gasteiger partial charge < -0.3 is 9.80 Å². The van der Waals surface area contributed by atoms with Crippen molar-refractivity contribution in [2.75, 3.05) is 11.9 Å². The molecule has 0 aromatic heterocycles. The fourth-order valence-corrected chi connectivity index (χ4v) is 3.76. The van der Waals surface area contributed by atoms with Gasteiger partial charge in [0.2, 0.25) is 5.91 Å². The highest BCUT2D eigenvalue weighted by Crippen LogP contribution is 2.30. The van der Waals surface area contributed by atoms with Gasteiger partial charge in [0.25, 0.3) is 5.91 Å². The van der Waals surface area contributed by atoms with Gasteiger partial charge in [0.05, 0.1) is 0 Å². The van der Waals surface area contributed by atoms with Crippen LogP contribution >= 0.6 is 0 Å². The number of hydrogen-bond donors (Lipinski definition) is 0. The van der Waals surface area contributed by atoms with Crippen LogP contribution in [0.2, 0.25) is 0 Å². The molecule has 1 saturated heterocycles. The van der Waals surface area contributed by atoms with E-state index in [9.17, 15) is 9.59 Å². The van der Waals surface area contributed by atoms with Crippen molar-refractivity contribution in [3.05, 3.63) is 29.3 Å². The van der Waals surface area contributed by atoms with Crippen molar-refractivity contribution in [3.8, 4) is 0 Å². The number of piperidine rings is 1. The molecule has 2 heterocycles. The van der Waals surface area contributed by atoms with Gasteiger partial charge in [0.15, 0.2) is 0 Å². The highest BCUT2D eigenvalue weighted by atomic mass is 16.2. The molecule has 118 valence electrons. The SMILES string of the molecule is CC1CCCC(C)N1C(=O)c1ccc2c(c1)CCC(=O)N2C. The summed E-state index contributed by atoms with van der Waals surface area (Å²) in [6.07, 6.45) is 4.61. The second-order valence-electron chi connectivity index (χ2n) is 6.64. The van der Waals surface area contributed by atoms with Gasteiger partial charge in [-0.15, -0.1) is 0 Å². The summed E-state index contributed by atoms with van der Waals surface area (Å²) in [7, 11) is 1.80. The first-order valence-electron chi connectivity index (χ1n) is 8.21. The minimum Gasteiger partial charge on any atom is -0.333 e. The van der Waals surface area contributed by atoms with Crippen molar-refractivity contribution in [3.63, 3.8) is 0 Å². The zero-order chi connectivity index (χ0) is 15.9. The number of benzene rings is 1. The monoisotopic (exact) mass is 300 g/mol. The van der Waals surface area contributed by atoms with Gasteiger partial charge in [0.1, 0.15) is 0 Å². The Balaban J connectivity index is 1.89. The van der Waals surface area contributed by atoms with Crippen LogP contribution in [0.3, 0.4) is 0 Å². The predicted molar refractivity (Wildman–Crippen MR) is 87.1 cm³/mol. The fraction of sp³-hybridized carbons (Fsp3) is 0.556. The number of aryl methyl sites for hydroxylation is 1. The van der Waals surface area contributed by atoms with Crippen LogP contribution in [0.4, 0.5) is 5.69 Å². The Morgan fingerprint density at radius 3 is 2.50 bits per heavy atom. The van der Waals surface area contributed by atoms with Crippen LogP contribution < -0.4 is 4.90 Å². The van der Waals surface area contributed by atoms with Crippen molar-refractivity contribution < 1.29 is 9.59 Å². The normalized spacial score (nSPS) is 25.1. The number of fused-ring (bicyclic) bond motifs is 1. The summed E-state index contributed by atoms with van der Waals surface area (Å²) in [5.41, 5.74) is 2.79. The molecular formula is C18H24N2O2. The Kier molecular flexibility index (Phi) is 3.94. The number of carbonyl (C=O) groups excluding carboxylic acids is 2. The topological polar surface area (TPSA) is 40.6 Å². The molecule has 1 aromatic rings. The number of hydrogen-bond acceptors (Lipinski definition) is 2. The minimum atomic E-state index is 0.127. The number of carbonyl (C=O) groups is 2. The number of nitrogens with zero attached hydrogens (tertiary/aromatic N) is 2. The van der Waals surface area contributed by atoms with Crippen molar-refractivity contribution in [1.82, 2.24) is 4.90 Å². The minimum absolute atomic E-state index is 0.127. The van der Waals surface area contributed by atoms with Gasteiger partial charge >= 0.3 is 0 Å². The summed E-state index contributed by atoms with van der Waals surface area (Å²) >= 11 is 0. The number of rotatable bonds is 1. The molecule has 22 heavy (non-hydrogen) atoms. The average molecular weight is 300 g/mol. The molecule has 2 aliphatic heterocycles. The van der Waals surface area contributed by atoms with Crippen LogP contribution in [0.25, 0.3) is 0 Å². The molecule has 0 bridgehead atoms. The Labute approximate surface area is 132 Å². The largest absolute Gasteiger partial charge is 0.333 e. The molecule has 0 N–H and O–H groups in total. The third-order valence-corrected chi connectivity index (χ3v) is 5.10. The molecule has 0 saturated carbocycles. The summed E-state index contributed by atoms with van der Waals surface area (Å²) in [5.74, 6) is 0.270. The molecule has 2 atom stereocenters. The van der Waals surface area contributed by atoms with Gasteiger partial charge in [0, 0.05) is 36.8 Å². The lowest BCUT2D eigenvalue weighted by Crippen LogP contribution is -2.47. The Bertz CT molecular complexity index is 601. The molecule has 1 fully saturated rings. The average Bonchev–Trinajstić information content (AvgIpc) is 2.50. The van der Waals surface area contributed by atoms with E-state index < -0.39 is 0 Å². The van der Waals surface area contributed by atoms with Crippen LogP contribution in [0.15, 0.2) is 18.2 Å². The standard InChI is InChI=1S/C18H24N2O2/c1-12-5-4-6-13(2)20(12)18(22)15-7-9-16-14(11-15)8-10-17(21)19(16)3/h7,9,11-13H,4-6,8,10H2,1-3H3. The van der Waals surface area contributed by atoms with Crippen molar-refractivity contribution >= 4 is 17.5 Å².